The lowest BCUT2D eigenvalue weighted by molar-refractivity contribution is -0.135. The average Bonchev–Trinajstić information content (AvgIpc) is 2.22. The largest absolute Gasteiger partial charge is 0.480 e. The van der Waals surface area contributed by atoms with Crippen LogP contribution in [0.5, 0.6) is 0 Å². The maximum atomic E-state index is 10.7. The molecule has 2 heterocycles. The van der Waals surface area contributed by atoms with Gasteiger partial charge in [-0.15, -0.1) is 5.10 Å². The first-order valence-electron chi connectivity index (χ1n) is 4.68. The van der Waals surface area contributed by atoms with Crippen LogP contribution in [0.3, 0.4) is 0 Å². The van der Waals surface area contributed by atoms with Gasteiger partial charge in [-0.05, 0) is 6.07 Å². The topological polar surface area (TPSA) is 69.6 Å². The van der Waals surface area contributed by atoms with E-state index in [2.05, 4.69) is 10.2 Å². The van der Waals surface area contributed by atoms with Crippen molar-refractivity contribution in [3.63, 3.8) is 0 Å². The normalized spacial score (nSPS) is 15.0. The minimum absolute atomic E-state index is 0.0282. The van der Waals surface area contributed by atoms with Gasteiger partial charge >= 0.3 is 5.97 Å². The monoisotopic (exact) mass is 208 g/mol. The maximum absolute atomic E-state index is 10.7. The van der Waals surface area contributed by atoms with Crippen LogP contribution < -0.4 is 9.80 Å². The van der Waals surface area contributed by atoms with Crippen molar-refractivity contribution in [3.05, 3.63) is 12.3 Å². The highest BCUT2D eigenvalue weighted by atomic mass is 16.4. The molecule has 1 aromatic heterocycles. The molecule has 0 atom stereocenters. The fourth-order valence-electron chi connectivity index (χ4n) is 1.66. The molecule has 0 aromatic carbocycles. The van der Waals surface area contributed by atoms with Crippen LogP contribution in [0.4, 0.5) is 11.5 Å². The Bertz CT molecular complexity index is 382. The first kappa shape index (κ1) is 9.70. The third-order valence-electron chi connectivity index (χ3n) is 2.42. The highest BCUT2D eigenvalue weighted by Crippen LogP contribution is 2.28. The second-order valence-corrected chi connectivity index (χ2v) is 3.48. The van der Waals surface area contributed by atoms with Crippen molar-refractivity contribution in [2.24, 2.45) is 0 Å². The summed E-state index contributed by atoms with van der Waals surface area (Å²) in [7, 11) is 1.96. The first-order chi connectivity index (χ1) is 7.18. The molecule has 0 bridgehead atoms. The summed E-state index contributed by atoms with van der Waals surface area (Å²) >= 11 is 0. The highest BCUT2D eigenvalue weighted by Gasteiger charge is 2.23. The Hall–Kier alpha value is -1.85. The Balaban J connectivity index is 2.31. The van der Waals surface area contributed by atoms with Gasteiger partial charge in [-0.2, -0.15) is 5.10 Å². The third-order valence-corrected chi connectivity index (χ3v) is 2.42. The van der Waals surface area contributed by atoms with Gasteiger partial charge in [-0.3, -0.25) is 4.79 Å². The van der Waals surface area contributed by atoms with E-state index in [-0.39, 0.29) is 6.54 Å². The molecule has 6 heteroatoms. The summed E-state index contributed by atoms with van der Waals surface area (Å²) in [6, 6.07) is 1.84. The molecule has 0 spiro atoms. The minimum Gasteiger partial charge on any atom is -0.480 e. The van der Waals surface area contributed by atoms with Gasteiger partial charge in [0.15, 0.2) is 5.82 Å². The summed E-state index contributed by atoms with van der Waals surface area (Å²) in [5.41, 5.74) is 0.928. The summed E-state index contributed by atoms with van der Waals surface area (Å²) in [5.74, 6) is -0.204. The van der Waals surface area contributed by atoms with Gasteiger partial charge in [-0.25, -0.2) is 0 Å². The molecule has 0 amide bonds. The van der Waals surface area contributed by atoms with Crippen molar-refractivity contribution in [1.82, 2.24) is 10.2 Å². The highest BCUT2D eigenvalue weighted by molar-refractivity contribution is 5.77. The number of carbonyl (C=O) groups is 1. The summed E-state index contributed by atoms with van der Waals surface area (Å²) < 4.78 is 0. The molecular formula is C9H12N4O2. The van der Waals surface area contributed by atoms with Gasteiger partial charge in [0.25, 0.3) is 0 Å². The van der Waals surface area contributed by atoms with Crippen LogP contribution in [-0.4, -0.2) is 48.0 Å². The molecule has 1 aliphatic heterocycles. The zero-order valence-electron chi connectivity index (χ0n) is 8.42. The van der Waals surface area contributed by atoms with Crippen LogP contribution in [0.15, 0.2) is 12.3 Å². The van der Waals surface area contributed by atoms with E-state index in [0.717, 1.165) is 12.2 Å². The van der Waals surface area contributed by atoms with E-state index >= 15 is 0 Å². The van der Waals surface area contributed by atoms with Crippen LogP contribution in [0, 0.1) is 0 Å². The number of hydrogen-bond donors (Lipinski definition) is 1. The SMILES string of the molecule is CN1CCN(CC(=O)O)c2nnccc21. The molecule has 6 nitrogen and oxygen atoms in total. The number of hydrogen-bond acceptors (Lipinski definition) is 5. The predicted octanol–water partition coefficient (Wildman–Crippen LogP) is -0.183. The number of carboxylic acid groups (broad SMARTS) is 1. The van der Waals surface area contributed by atoms with Gasteiger partial charge in [0, 0.05) is 20.1 Å². The van der Waals surface area contributed by atoms with Crippen LogP contribution in [0.1, 0.15) is 0 Å². The third kappa shape index (κ3) is 1.83. The van der Waals surface area contributed by atoms with Crippen LogP contribution in [-0.2, 0) is 4.79 Å². The van der Waals surface area contributed by atoms with E-state index < -0.39 is 5.97 Å². The van der Waals surface area contributed by atoms with Crippen LogP contribution in [0.25, 0.3) is 0 Å². The Morgan fingerprint density at radius 1 is 1.60 bits per heavy atom. The average molecular weight is 208 g/mol. The minimum atomic E-state index is -0.851. The lowest BCUT2D eigenvalue weighted by atomic mass is 10.2. The van der Waals surface area contributed by atoms with Crippen molar-refractivity contribution in [2.75, 3.05) is 36.5 Å². The lowest BCUT2D eigenvalue weighted by Gasteiger charge is -2.34. The van der Waals surface area contributed by atoms with Crippen LogP contribution in [0.2, 0.25) is 0 Å². The van der Waals surface area contributed by atoms with Crippen molar-refractivity contribution < 1.29 is 9.90 Å². The van der Waals surface area contributed by atoms with Gasteiger partial charge in [0.2, 0.25) is 0 Å². The second kappa shape index (κ2) is 3.72. The standard InChI is InChI=1S/C9H12N4O2/c1-12-4-5-13(6-8(14)15)9-7(12)2-3-10-11-9/h2-3H,4-6H2,1H3,(H,14,15). The fraction of sp³-hybridized carbons (Fsp3) is 0.444. The number of carboxylic acids is 1. The molecule has 0 saturated carbocycles. The zero-order chi connectivity index (χ0) is 10.8. The number of likely N-dealkylation sites (N-methyl/N-ethyl adjacent to an activating group) is 1. The quantitative estimate of drug-likeness (QED) is 0.727. The molecular weight excluding hydrogens is 196 g/mol. The van der Waals surface area contributed by atoms with Crippen molar-refractivity contribution in [3.8, 4) is 0 Å². The first-order valence-corrected chi connectivity index (χ1v) is 4.68. The Morgan fingerprint density at radius 2 is 2.40 bits per heavy atom. The Kier molecular flexibility index (Phi) is 2.40. The smallest absolute Gasteiger partial charge is 0.323 e. The van der Waals surface area contributed by atoms with E-state index in [9.17, 15) is 4.79 Å². The zero-order valence-corrected chi connectivity index (χ0v) is 8.42. The van der Waals surface area contributed by atoms with E-state index in [0.29, 0.717) is 12.4 Å². The molecule has 2 rings (SSSR count). The number of nitrogens with zero attached hydrogens (tertiary/aromatic N) is 4. The van der Waals surface area contributed by atoms with E-state index in [1.165, 1.54) is 0 Å². The van der Waals surface area contributed by atoms with Gasteiger partial charge in [0.1, 0.15) is 6.54 Å². The molecule has 0 radical (unpaired) electrons. The number of anilines is 2. The number of fused-ring (bicyclic) bond motifs is 1. The predicted molar refractivity (Wildman–Crippen MR) is 55.2 cm³/mol. The van der Waals surface area contributed by atoms with Crippen LogP contribution >= 0.6 is 0 Å². The molecule has 0 fully saturated rings. The molecule has 80 valence electrons. The second-order valence-electron chi connectivity index (χ2n) is 3.48. The number of aromatic nitrogens is 2. The van der Waals surface area contributed by atoms with Crippen molar-refractivity contribution >= 4 is 17.5 Å². The lowest BCUT2D eigenvalue weighted by Crippen LogP contribution is -2.42. The summed E-state index contributed by atoms with van der Waals surface area (Å²) in [5, 5.41) is 16.5. The molecule has 0 saturated heterocycles. The van der Waals surface area contributed by atoms with Crippen molar-refractivity contribution in [2.45, 2.75) is 0 Å². The summed E-state index contributed by atoms with van der Waals surface area (Å²) in [6.45, 7) is 1.43. The molecule has 0 aliphatic carbocycles. The molecule has 1 aromatic rings. The number of rotatable bonds is 2. The van der Waals surface area contributed by atoms with Gasteiger partial charge < -0.3 is 14.9 Å². The fourth-order valence-corrected chi connectivity index (χ4v) is 1.66. The Morgan fingerprint density at radius 3 is 3.13 bits per heavy atom. The van der Waals surface area contributed by atoms with Gasteiger partial charge in [-0.1, -0.05) is 0 Å². The molecule has 1 aliphatic rings. The summed E-state index contributed by atoms with van der Waals surface area (Å²) in [6.07, 6.45) is 1.61. The maximum Gasteiger partial charge on any atom is 0.323 e. The van der Waals surface area contributed by atoms with E-state index in [4.69, 9.17) is 5.11 Å². The van der Waals surface area contributed by atoms with Crippen molar-refractivity contribution in [1.29, 1.82) is 0 Å². The number of aliphatic carboxylic acids is 1. The van der Waals surface area contributed by atoms with E-state index in [1.54, 1.807) is 11.1 Å². The molecule has 0 unspecified atom stereocenters. The van der Waals surface area contributed by atoms with E-state index in [1.807, 2.05) is 18.0 Å². The van der Waals surface area contributed by atoms with Gasteiger partial charge in [0.05, 0.1) is 11.9 Å². The Labute approximate surface area is 87.1 Å². The summed E-state index contributed by atoms with van der Waals surface area (Å²) in [4.78, 5) is 14.4. The molecule has 1 N–H and O–H groups in total. The molecule has 15 heavy (non-hydrogen) atoms.